The molecule has 0 heterocycles. The number of hydrogen-bond donors (Lipinski definition) is 2. The zero-order valence-electron chi connectivity index (χ0n) is 14.4. The van der Waals surface area contributed by atoms with Crippen LogP contribution in [0.2, 0.25) is 0 Å². The van der Waals surface area contributed by atoms with Gasteiger partial charge < -0.3 is 9.84 Å². The van der Waals surface area contributed by atoms with Gasteiger partial charge in [-0.1, -0.05) is 42.5 Å². The van der Waals surface area contributed by atoms with Gasteiger partial charge in [-0.2, -0.15) is 0 Å². The molecule has 26 heavy (non-hydrogen) atoms. The van der Waals surface area contributed by atoms with Gasteiger partial charge in [0.2, 0.25) is 10.0 Å². The Labute approximate surface area is 153 Å². The van der Waals surface area contributed by atoms with Crippen molar-refractivity contribution in [2.75, 3.05) is 13.2 Å². The number of benzene rings is 3. The first-order chi connectivity index (χ1) is 12.5. The molecule has 0 bridgehead atoms. The first-order valence-electron chi connectivity index (χ1n) is 8.39. The van der Waals surface area contributed by atoms with E-state index in [-0.39, 0.29) is 11.4 Å². The van der Waals surface area contributed by atoms with Crippen molar-refractivity contribution in [3.63, 3.8) is 0 Å². The molecular weight excluding hydrogens is 350 g/mol. The fourth-order valence-corrected chi connectivity index (χ4v) is 3.84. The molecule has 2 N–H and O–H groups in total. The average molecular weight is 371 g/mol. The van der Waals surface area contributed by atoms with Crippen LogP contribution in [0.3, 0.4) is 0 Å². The van der Waals surface area contributed by atoms with Crippen LogP contribution in [0.5, 0.6) is 5.75 Å². The molecule has 0 radical (unpaired) electrons. The molecule has 3 rings (SSSR count). The van der Waals surface area contributed by atoms with Crippen LogP contribution < -0.4 is 9.46 Å². The Balaban J connectivity index is 1.74. The van der Waals surface area contributed by atoms with Crippen LogP contribution >= 0.6 is 0 Å². The second kappa shape index (κ2) is 7.86. The highest BCUT2D eigenvalue weighted by Crippen LogP contribution is 2.24. The van der Waals surface area contributed by atoms with Gasteiger partial charge in [0.1, 0.15) is 5.75 Å². The van der Waals surface area contributed by atoms with E-state index in [0.717, 1.165) is 10.8 Å². The smallest absolute Gasteiger partial charge is 0.240 e. The molecular formula is C20H21NO4S. The number of ether oxygens (including phenoxy) is 1. The van der Waals surface area contributed by atoms with Gasteiger partial charge in [0.05, 0.1) is 17.6 Å². The summed E-state index contributed by atoms with van der Waals surface area (Å²) in [6.07, 6.45) is -0.946. The second-order valence-electron chi connectivity index (χ2n) is 5.84. The molecule has 3 aromatic rings. The minimum atomic E-state index is -3.71. The lowest BCUT2D eigenvalue weighted by molar-refractivity contribution is 0.183. The molecule has 0 aliphatic carbocycles. The molecule has 0 aromatic heterocycles. The van der Waals surface area contributed by atoms with Crippen molar-refractivity contribution in [1.82, 2.24) is 4.72 Å². The summed E-state index contributed by atoms with van der Waals surface area (Å²) in [5.41, 5.74) is 0.692. The minimum Gasteiger partial charge on any atom is -0.494 e. The Bertz CT molecular complexity index is 979. The van der Waals surface area contributed by atoms with E-state index in [0.29, 0.717) is 17.9 Å². The summed E-state index contributed by atoms with van der Waals surface area (Å²) in [4.78, 5) is 0.131. The molecule has 6 heteroatoms. The first-order valence-corrected chi connectivity index (χ1v) is 9.88. The number of sulfonamides is 1. The highest BCUT2D eigenvalue weighted by Gasteiger charge is 2.18. The Morgan fingerprint density at radius 3 is 2.42 bits per heavy atom. The zero-order valence-corrected chi connectivity index (χ0v) is 15.2. The Morgan fingerprint density at radius 2 is 1.69 bits per heavy atom. The van der Waals surface area contributed by atoms with Crippen LogP contribution in [0.1, 0.15) is 18.6 Å². The minimum absolute atomic E-state index is 0.108. The topological polar surface area (TPSA) is 75.6 Å². The summed E-state index contributed by atoms with van der Waals surface area (Å²) in [7, 11) is -3.71. The number of rotatable bonds is 7. The third kappa shape index (κ3) is 4.04. The molecule has 0 unspecified atom stereocenters. The molecule has 0 aliphatic rings. The van der Waals surface area contributed by atoms with Gasteiger partial charge in [0.15, 0.2) is 0 Å². The number of hydrogen-bond acceptors (Lipinski definition) is 4. The zero-order chi connectivity index (χ0) is 18.6. The summed E-state index contributed by atoms with van der Waals surface area (Å²) >= 11 is 0. The molecule has 0 saturated heterocycles. The maximum absolute atomic E-state index is 12.4. The van der Waals surface area contributed by atoms with Gasteiger partial charge in [0.25, 0.3) is 0 Å². The molecule has 0 amide bonds. The molecule has 0 aliphatic heterocycles. The van der Waals surface area contributed by atoms with Gasteiger partial charge in [0, 0.05) is 6.54 Å². The lowest BCUT2D eigenvalue weighted by atomic mass is 10.0. The monoisotopic (exact) mass is 371 g/mol. The standard InChI is InChI=1S/C20H21NO4S/c1-2-25-16-10-12-17(13-11-16)26(23,24)21-14-20(22)19-9-5-7-15-6-3-4-8-18(15)19/h3-13,20-22H,2,14H2,1H3/t20-/m0/s1. The third-order valence-corrected chi connectivity index (χ3v) is 5.53. The van der Waals surface area contributed by atoms with E-state index in [9.17, 15) is 13.5 Å². The normalized spacial score (nSPS) is 12.8. The summed E-state index contributed by atoms with van der Waals surface area (Å²) in [5.74, 6) is 0.613. The fraction of sp³-hybridized carbons (Fsp3) is 0.200. The first kappa shape index (κ1) is 18.4. The van der Waals surface area contributed by atoms with E-state index >= 15 is 0 Å². The third-order valence-electron chi connectivity index (χ3n) is 4.09. The van der Waals surface area contributed by atoms with Crippen LogP contribution in [-0.4, -0.2) is 26.7 Å². The predicted molar refractivity (Wildman–Crippen MR) is 102 cm³/mol. The lowest BCUT2D eigenvalue weighted by Crippen LogP contribution is -2.28. The van der Waals surface area contributed by atoms with E-state index in [1.165, 1.54) is 12.1 Å². The van der Waals surface area contributed by atoms with Gasteiger partial charge in [-0.3, -0.25) is 0 Å². The van der Waals surface area contributed by atoms with E-state index < -0.39 is 16.1 Å². The van der Waals surface area contributed by atoms with Crippen LogP contribution in [0.15, 0.2) is 71.6 Å². The van der Waals surface area contributed by atoms with Crippen molar-refractivity contribution >= 4 is 20.8 Å². The summed E-state index contributed by atoms with van der Waals surface area (Å²) in [6, 6.07) is 19.5. The predicted octanol–water partition coefficient (Wildman–Crippen LogP) is 3.25. The molecule has 5 nitrogen and oxygen atoms in total. The maximum Gasteiger partial charge on any atom is 0.240 e. The molecule has 0 saturated carbocycles. The summed E-state index contributed by atoms with van der Waals surface area (Å²) < 4.78 is 32.7. The van der Waals surface area contributed by atoms with Gasteiger partial charge in [-0.15, -0.1) is 0 Å². The summed E-state index contributed by atoms with van der Waals surface area (Å²) in [5, 5.41) is 12.4. The van der Waals surface area contributed by atoms with Gasteiger partial charge in [-0.05, 0) is 47.5 Å². The Hall–Kier alpha value is -2.41. The molecule has 0 spiro atoms. The molecule has 0 fully saturated rings. The average Bonchev–Trinajstić information content (AvgIpc) is 2.66. The second-order valence-corrected chi connectivity index (χ2v) is 7.61. The maximum atomic E-state index is 12.4. The van der Waals surface area contributed by atoms with Crippen LogP contribution in [0, 0.1) is 0 Å². The van der Waals surface area contributed by atoms with Crippen molar-refractivity contribution in [2.45, 2.75) is 17.9 Å². The fourth-order valence-electron chi connectivity index (χ4n) is 2.80. The van der Waals surface area contributed by atoms with E-state index in [1.54, 1.807) is 18.2 Å². The van der Waals surface area contributed by atoms with Crippen molar-refractivity contribution in [3.8, 4) is 5.75 Å². The largest absolute Gasteiger partial charge is 0.494 e. The number of aliphatic hydroxyl groups is 1. The lowest BCUT2D eigenvalue weighted by Gasteiger charge is -2.15. The van der Waals surface area contributed by atoms with Crippen molar-refractivity contribution in [3.05, 3.63) is 72.3 Å². The van der Waals surface area contributed by atoms with E-state index in [2.05, 4.69) is 4.72 Å². The highest BCUT2D eigenvalue weighted by atomic mass is 32.2. The van der Waals surface area contributed by atoms with Crippen LogP contribution in [0.4, 0.5) is 0 Å². The van der Waals surface area contributed by atoms with Crippen molar-refractivity contribution in [1.29, 1.82) is 0 Å². The van der Waals surface area contributed by atoms with E-state index in [1.807, 2.05) is 43.3 Å². The molecule has 3 aromatic carbocycles. The Kier molecular flexibility index (Phi) is 5.56. The number of fused-ring (bicyclic) bond motifs is 1. The Morgan fingerprint density at radius 1 is 1.00 bits per heavy atom. The quantitative estimate of drug-likeness (QED) is 0.668. The SMILES string of the molecule is CCOc1ccc(S(=O)(=O)NC[C@H](O)c2cccc3ccccc23)cc1. The molecule has 1 atom stereocenters. The van der Waals surface area contributed by atoms with Gasteiger partial charge >= 0.3 is 0 Å². The van der Waals surface area contributed by atoms with Crippen LogP contribution in [0.25, 0.3) is 10.8 Å². The van der Waals surface area contributed by atoms with Crippen molar-refractivity contribution in [2.24, 2.45) is 0 Å². The van der Waals surface area contributed by atoms with Crippen molar-refractivity contribution < 1.29 is 18.3 Å². The van der Waals surface area contributed by atoms with Gasteiger partial charge in [-0.25, -0.2) is 13.1 Å². The number of aliphatic hydroxyl groups excluding tert-OH is 1. The number of nitrogens with one attached hydrogen (secondary N) is 1. The van der Waals surface area contributed by atoms with Crippen LogP contribution in [-0.2, 0) is 10.0 Å². The summed E-state index contributed by atoms with van der Waals surface area (Å²) in [6.45, 7) is 2.27. The highest BCUT2D eigenvalue weighted by molar-refractivity contribution is 7.89. The van der Waals surface area contributed by atoms with E-state index in [4.69, 9.17) is 4.74 Å². The molecule has 136 valence electrons.